The van der Waals surface area contributed by atoms with Crippen molar-refractivity contribution >= 4 is 23.2 Å². The number of alkyl halides is 1. The van der Waals surface area contributed by atoms with E-state index in [-0.39, 0.29) is 11.7 Å². The molecule has 0 bridgehead atoms. The van der Waals surface area contributed by atoms with Crippen LogP contribution in [0.25, 0.3) is 0 Å². The van der Waals surface area contributed by atoms with E-state index in [0.29, 0.717) is 10.6 Å². The summed E-state index contributed by atoms with van der Waals surface area (Å²) in [6.07, 6.45) is 1.69. The summed E-state index contributed by atoms with van der Waals surface area (Å²) in [5, 5.41) is -0.202. The van der Waals surface area contributed by atoms with Gasteiger partial charge in [-0.1, -0.05) is 30.7 Å². The summed E-state index contributed by atoms with van der Waals surface area (Å²) in [7, 11) is 0. The van der Waals surface area contributed by atoms with E-state index >= 15 is 0 Å². The average Bonchev–Trinajstić information content (AvgIpc) is 2.38. The van der Waals surface area contributed by atoms with Gasteiger partial charge in [0.25, 0.3) is 0 Å². The molecular weight excluding hydrogens is 272 g/mol. The second-order valence-electron chi connectivity index (χ2n) is 4.08. The highest BCUT2D eigenvalue weighted by Crippen LogP contribution is 2.39. The molecule has 94 valence electrons. The normalized spacial score (nSPS) is 14.2. The van der Waals surface area contributed by atoms with Crippen molar-refractivity contribution in [1.29, 1.82) is 0 Å². The maximum atomic E-state index is 13.8. The third kappa shape index (κ3) is 2.65. The molecule has 0 fully saturated rings. The fourth-order valence-corrected chi connectivity index (χ4v) is 2.51. The zero-order valence-corrected chi connectivity index (χ0v) is 11.3. The van der Waals surface area contributed by atoms with E-state index in [4.69, 9.17) is 23.2 Å². The summed E-state index contributed by atoms with van der Waals surface area (Å²) in [5.41, 5.74) is 1.15. The van der Waals surface area contributed by atoms with E-state index in [1.807, 2.05) is 25.1 Å². The summed E-state index contributed by atoms with van der Waals surface area (Å²) < 4.78 is 13.8. The van der Waals surface area contributed by atoms with E-state index < -0.39 is 5.38 Å². The van der Waals surface area contributed by atoms with Gasteiger partial charge < -0.3 is 0 Å². The van der Waals surface area contributed by atoms with Crippen LogP contribution in [0.4, 0.5) is 4.39 Å². The van der Waals surface area contributed by atoms with Crippen LogP contribution >= 0.6 is 23.2 Å². The van der Waals surface area contributed by atoms with Crippen LogP contribution in [0.5, 0.6) is 0 Å². The Kier molecular flexibility index (Phi) is 4.20. The fraction of sp³-hybridized carbons (Fsp3) is 0.214. The van der Waals surface area contributed by atoms with Crippen molar-refractivity contribution in [2.75, 3.05) is 0 Å². The predicted octanol–water partition coefficient (Wildman–Crippen LogP) is 4.96. The molecule has 0 saturated heterocycles. The van der Waals surface area contributed by atoms with Gasteiger partial charge in [0.15, 0.2) is 0 Å². The van der Waals surface area contributed by atoms with Gasteiger partial charge in [0.1, 0.15) is 5.82 Å². The number of nitrogens with zero attached hydrogens (tertiary/aromatic N) is 1. The van der Waals surface area contributed by atoms with E-state index in [9.17, 15) is 4.39 Å². The van der Waals surface area contributed by atoms with Crippen LogP contribution < -0.4 is 0 Å². The number of pyridine rings is 1. The highest BCUT2D eigenvalue weighted by molar-refractivity contribution is 6.32. The monoisotopic (exact) mass is 283 g/mol. The fourth-order valence-electron chi connectivity index (χ4n) is 1.82. The van der Waals surface area contributed by atoms with Crippen molar-refractivity contribution in [2.45, 2.75) is 18.2 Å². The third-order valence-corrected chi connectivity index (χ3v) is 3.79. The smallest absolute Gasteiger partial charge is 0.129 e. The van der Waals surface area contributed by atoms with E-state index in [0.717, 1.165) is 5.69 Å². The number of benzene rings is 1. The van der Waals surface area contributed by atoms with Crippen LogP contribution in [0, 0.1) is 5.82 Å². The first-order valence-corrected chi connectivity index (χ1v) is 6.41. The molecule has 0 saturated carbocycles. The van der Waals surface area contributed by atoms with Gasteiger partial charge in [0, 0.05) is 28.4 Å². The van der Waals surface area contributed by atoms with Crippen LogP contribution in [0.3, 0.4) is 0 Å². The van der Waals surface area contributed by atoms with Gasteiger partial charge in [0.2, 0.25) is 0 Å². The average molecular weight is 284 g/mol. The molecule has 2 aromatic rings. The van der Waals surface area contributed by atoms with Crippen molar-refractivity contribution in [1.82, 2.24) is 4.98 Å². The van der Waals surface area contributed by atoms with Crippen LogP contribution in [-0.2, 0) is 0 Å². The van der Waals surface area contributed by atoms with Crippen molar-refractivity contribution in [3.8, 4) is 0 Å². The molecule has 1 aromatic carbocycles. The minimum absolute atomic E-state index is 0.123. The summed E-state index contributed by atoms with van der Waals surface area (Å²) >= 11 is 12.3. The second-order valence-corrected chi connectivity index (χ2v) is 4.96. The first-order chi connectivity index (χ1) is 8.61. The van der Waals surface area contributed by atoms with E-state index in [1.165, 1.54) is 6.07 Å². The zero-order chi connectivity index (χ0) is 13.1. The molecule has 0 aliphatic carbocycles. The molecule has 2 rings (SSSR count). The number of halogens is 3. The van der Waals surface area contributed by atoms with E-state index in [2.05, 4.69) is 4.98 Å². The molecule has 0 aliphatic rings. The molecule has 0 aliphatic heterocycles. The largest absolute Gasteiger partial charge is 0.261 e. The lowest BCUT2D eigenvalue weighted by molar-refractivity contribution is 0.589. The van der Waals surface area contributed by atoms with Crippen LogP contribution in [0.15, 0.2) is 42.6 Å². The lowest BCUT2D eigenvalue weighted by Crippen LogP contribution is -2.07. The Hall–Kier alpha value is -1.12. The van der Waals surface area contributed by atoms with Crippen molar-refractivity contribution in [3.05, 3.63) is 64.7 Å². The number of hydrogen-bond acceptors (Lipinski definition) is 1. The number of aromatic nitrogens is 1. The Labute approximate surface area is 116 Å². The Morgan fingerprint density at radius 3 is 2.56 bits per heavy atom. The Balaban J connectivity index is 2.34. The third-order valence-electron chi connectivity index (χ3n) is 2.87. The van der Waals surface area contributed by atoms with Gasteiger partial charge in [-0.3, -0.25) is 4.98 Å². The van der Waals surface area contributed by atoms with Crippen LogP contribution in [0.2, 0.25) is 5.02 Å². The Morgan fingerprint density at radius 1 is 1.17 bits per heavy atom. The molecule has 18 heavy (non-hydrogen) atoms. The molecule has 1 heterocycles. The van der Waals surface area contributed by atoms with E-state index in [1.54, 1.807) is 18.3 Å². The van der Waals surface area contributed by atoms with Crippen LogP contribution in [0.1, 0.15) is 29.5 Å². The number of rotatable bonds is 3. The first-order valence-electron chi connectivity index (χ1n) is 5.60. The van der Waals surface area contributed by atoms with Gasteiger partial charge >= 0.3 is 0 Å². The molecule has 2 unspecified atom stereocenters. The quantitative estimate of drug-likeness (QED) is 0.726. The number of hydrogen-bond donors (Lipinski definition) is 0. The maximum absolute atomic E-state index is 13.8. The molecule has 1 nitrogen and oxygen atoms in total. The van der Waals surface area contributed by atoms with Crippen molar-refractivity contribution in [2.24, 2.45) is 0 Å². The van der Waals surface area contributed by atoms with Crippen LogP contribution in [-0.4, -0.2) is 4.98 Å². The predicted molar refractivity (Wildman–Crippen MR) is 72.7 cm³/mol. The minimum Gasteiger partial charge on any atom is -0.261 e. The standard InChI is InChI=1S/C14H12Cl2FN/c1-9(12-7-2-3-8-18-12)14(16)13-10(15)5-4-6-11(13)17/h2-9,14H,1H3. The van der Waals surface area contributed by atoms with Gasteiger partial charge in [0.05, 0.1) is 5.38 Å². The maximum Gasteiger partial charge on any atom is 0.129 e. The molecule has 2 atom stereocenters. The summed E-state index contributed by atoms with van der Waals surface area (Å²) in [4.78, 5) is 4.23. The van der Waals surface area contributed by atoms with Gasteiger partial charge in [-0.2, -0.15) is 0 Å². The lowest BCUT2D eigenvalue weighted by Gasteiger charge is -2.19. The summed E-state index contributed by atoms with van der Waals surface area (Å²) in [6.45, 7) is 1.91. The van der Waals surface area contributed by atoms with Gasteiger partial charge in [-0.25, -0.2) is 4.39 Å². The highest BCUT2D eigenvalue weighted by atomic mass is 35.5. The topological polar surface area (TPSA) is 12.9 Å². The molecule has 4 heteroatoms. The molecule has 0 spiro atoms. The molecular formula is C14H12Cl2FN. The second kappa shape index (κ2) is 5.68. The SMILES string of the molecule is CC(c1ccccn1)C(Cl)c1c(F)cccc1Cl. The summed E-state index contributed by atoms with van der Waals surface area (Å²) in [5.74, 6) is -0.507. The lowest BCUT2D eigenvalue weighted by atomic mass is 9.96. The first kappa shape index (κ1) is 13.3. The molecule has 0 amide bonds. The van der Waals surface area contributed by atoms with Crippen molar-refractivity contribution < 1.29 is 4.39 Å². The van der Waals surface area contributed by atoms with Crippen molar-refractivity contribution in [3.63, 3.8) is 0 Å². The zero-order valence-electron chi connectivity index (χ0n) is 9.78. The summed E-state index contributed by atoms with van der Waals surface area (Å²) in [6, 6.07) is 10.1. The van der Waals surface area contributed by atoms with Gasteiger partial charge in [-0.05, 0) is 24.3 Å². The molecule has 0 N–H and O–H groups in total. The van der Waals surface area contributed by atoms with Gasteiger partial charge in [-0.15, -0.1) is 11.6 Å². The Bertz CT molecular complexity index is 510. The minimum atomic E-state index is -0.548. The molecule has 0 radical (unpaired) electrons. The molecule has 1 aromatic heterocycles. The Morgan fingerprint density at radius 2 is 1.94 bits per heavy atom. The highest BCUT2D eigenvalue weighted by Gasteiger charge is 2.24.